The van der Waals surface area contributed by atoms with Crippen LogP contribution >= 0.6 is 0 Å². The van der Waals surface area contributed by atoms with Gasteiger partial charge < -0.3 is 34.1 Å². The maximum atomic E-state index is 7.05. The largest absolute Gasteiger partial charge is 4.00 e. The monoisotopic (exact) mass is 1270 g/mol. The van der Waals surface area contributed by atoms with E-state index in [2.05, 4.69) is 121 Å². The Morgan fingerprint density at radius 2 is 0.321 bits per heavy atom. The third-order valence-electron chi connectivity index (χ3n) is 23.5. The van der Waals surface area contributed by atoms with E-state index in [0.717, 1.165) is 44.3 Å². The quantitative estimate of drug-likeness (QED) is 0.100. The Balaban J connectivity index is 0.000000205. The number of hydrogen-bond donors (Lipinski definition) is 0. The fourth-order valence-electron chi connectivity index (χ4n) is 20.0. The van der Waals surface area contributed by atoms with Crippen molar-refractivity contribution in [3.63, 3.8) is 0 Å². The zero-order valence-corrected chi connectivity index (χ0v) is 58.6. The van der Waals surface area contributed by atoms with E-state index in [1.165, 1.54) is 257 Å². The summed E-state index contributed by atoms with van der Waals surface area (Å²) in [4.78, 5) is 0. The molecule has 0 aliphatic heterocycles. The van der Waals surface area contributed by atoms with Crippen molar-refractivity contribution in [1.82, 2.24) is 0 Å². The third kappa shape index (κ3) is 14.7. The van der Waals surface area contributed by atoms with Gasteiger partial charge >= 0.3 is 26.2 Å². The van der Waals surface area contributed by atoms with E-state index in [1.807, 2.05) is 0 Å². The molecule has 0 radical (unpaired) electrons. The van der Waals surface area contributed by atoms with Crippen molar-refractivity contribution in [2.45, 2.75) is 301 Å². The van der Waals surface area contributed by atoms with Crippen molar-refractivity contribution < 1.29 is 51.0 Å². The second kappa shape index (κ2) is 32.9. The first-order valence-electron chi connectivity index (χ1n) is 34.4. The molecule has 8 saturated carbocycles. The van der Waals surface area contributed by atoms with Gasteiger partial charge in [-0.05, 0) is 32.9 Å². The summed E-state index contributed by atoms with van der Waals surface area (Å²) in [6.07, 6.45) is 58.0. The van der Waals surface area contributed by atoms with Crippen LogP contribution in [0.3, 0.4) is 0 Å². The first-order valence-corrected chi connectivity index (χ1v) is 42.8. The minimum Gasteiger partial charge on any atom is -1.00 e. The molecule has 2 nitrogen and oxygen atoms in total. The van der Waals surface area contributed by atoms with Gasteiger partial charge in [0, 0.05) is 0 Å². The molecule has 8 fully saturated rings. The van der Waals surface area contributed by atoms with Gasteiger partial charge in [-0.25, -0.2) is 0 Å². The zero-order valence-electron chi connectivity index (χ0n) is 50.6. The van der Waals surface area contributed by atoms with Gasteiger partial charge in [0.1, 0.15) is 0 Å². The normalized spacial score (nSPS) is 22.7. The number of hydrogen-bond acceptors (Lipinski definition) is 0. The fraction of sp³-hybridized carbons (Fsp3) is 0.667. The van der Waals surface area contributed by atoms with E-state index in [0.29, 0.717) is 0 Å². The molecule has 0 amide bonds. The summed E-state index contributed by atoms with van der Waals surface area (Å²) in [6, 6.07) is 48.8. The molecule has 8 aliphatic carbocycles. The first-order chi connectivity index (χ1) is 38.7. The maximum absolute atomic E-state index is 7.05. The molecule has 0 aromatic heterocycles. The molecule has 4 aromatic rings. The zero-order chi connectivity index (χ0) is 52.8. The molecular weight excluding hydrogens is 1170 g/mol. The summed E-state index contributed by atoms with van der Waals surface area (Å²) in [5.41, 5.74) is 6.89. The molecule has 12 rings (SSSR count). The summed E-state index contributed by atoms with van der Waals surface area (Å²) in [5, 5.41) is 6.96. The minimum absolute atomic E-state index is 0. The van der Waals surface area contributed by atoms with Crippen LogP contribution in [0, 0.1) is 0 Å². The molecule has 81 heavy (non-hydrogen) atoms. The average molecular weight is 1280 g/mol. The van der Waals surface area contributed by atoms with E-state index in [-0.39, 0.29) is 51.0 Å². The van der Waals surface area contributed by atoms with Gasteiger partial charge in [-0.2, -0.15) is 0 Å². The van der Waals surface area contributed by atoms with Gasteiger partial charge in [-0.1, -0.05) is 443 Å². The van der Waals surface area contributed by atoms with Gasteiger partial charge in [0.15, 0.2) is 0 Å². The summed E-state index contributed by atoms with van der Waals surface area (Å²) in [7, 11) is -8.68. The van der Waals surface area contributed by atoms with E-state index in [4.69, 9.17) is 9.30 Å². The van der Waals surface area contributed by atoms with Crippen molar-refractivity contribution in [3.05, 3.63) is 131 Å². The van der Waals surface area contributed by atoms with Gasteiger partial charge in [0.25, 0.3) is 0 Å². The molecule has 0 unspecified atom stereocenters. The second-order valence-electron chi connectivity index (χ2n) is 27.7. The summed E-state index contributed by atoms with van der Waals surface area (Å²) < 4.78 is 14.1. The predicted octanol–water partition coefficient (Wildman–Crippen LogP) is 14.8. The molecule has 0 spiro atoms. The molecule has 0 heterocycles. The van der Waals surface area contributed by atoms with Crippen molar-refractivity contribution in [1.29, 1.82) is 0 Å². The number of rotatable bonds is 16. The van der Waals surface area contributed by atoms with E-state index >= 15 is 0 Å². The standard InChI is InChI=1S/2C36H54NSi2.2ClH.Zr/c2*1-7-19-31(20-8-1)38(32-21-9-2-10-22-32,33-23-11-3-12-24-33)37-39(34-25-13-4-14-26-34,35-27-15-5-16-28-35)36-29-17-6-18-30-36;;;/h2*1,4,7-8,13-14,19-20,25-26,32-33,35-36H,2-3,5-6,9-12,15-18,21-24,27-30H2;2*1H;/q2*-1;;;+4/p-2. The second-order valence-corrected chi connectivity index (χ2v) is 44.9. The van der Waals surface area contributed by atoms with Crippen LogP contribution in [0.25, 0.3) is 9.30 Å². The van der Waals surface area contributed by atoms with Crippen molar-refractivity contribution in [2.75, 3.05) is 0 Å². The van der Waals surface area contributed by atoms with Crippen LogP contribution in [0.2, 0.25) is 44.3 Å². The van der Waals surface area contributed by atoms with Gasteiger partial charge in [0.2, 0.25) is 0 Å². The van der Waals surface area contributed by atoms with Crippen LogP contribution in [0.1, 0.15) is 257 Å². The molecule has 4 aromatic carbocycles. The molecule has 0 saturated heterocycles. The van der Waals surface area contributed by atoms with E-state index < -0.39 is 32.9 Å². The smallest absolute Gasteiger partial charge is 1.00 e. The van der Waals surface area contributed by atoms with Crippen molar-refractivity contribution in [3.8, 4) is 0 Å². The first kappa shape index (κ1) is 66.1. The number of nitrogens with zero attached hydrogens (tertiary/aromatic N) is 2. The molecular formula is C72H108Cl2N2Si4Zr. The van der Waals surface area contributed by atoms with Crippen molar-refractivity contribution in [2.24, 2.45) is 0 Å². The molecule has 9 heteroatoms. The van der Waals surface area contributed by atoms with Crippen LogP contribution in [0.4, 0.5) is 0 Å². The Bertz CT molecular complexity index is 1920. The molecule has 440 valence electrons. The number of benzene rings is 4. The summed E-state index contributed by atoms with van der Waals surface area (Å²) in [6.45, 7) is 0. The molecule has 8 aliphatic rings. The number of halogens is 2. The van der Waals surface area contributed by atoms with Crippen LogP contribution < -0.4 is 45.6 Å². The van der Waals surface area contributed by atoms with Crippen molar-refractivity contribution >= 4 is 53.7 Å². The Kier molecular flexibility index (Phi) is 26.9. The average Bonchev–Trinajstić information content (AvgIpc) is 3.67. The topological polar surface area (TPSA) is 28.2 Å². The van der Waals surface area contributed by atoms with Crippen LogP contribution in [0.5, 0.6) is 0 Å². The summed E-state index contributed by atoms with van der Waals surface area (Å²) in [5.74, 6) is 0. The van der Waals surface area contributed by atoms with Crippen LogP contribution in [0.15, 0.2) is 121 Å². The Labute approximate surface area is 532 Å². The van der Waals surface area contributed by atoms with Gasteiger partial charge in [-0.3, -0.25) is 0 Å². The van der Waals surface area contributed by atoms with Gasteiger partial charge in [-0.15, -0.1) is 0 Å². The van der Waals surface area contributed by atoms with E-state index in [9.17, 15) is 0 Å². The third-order valence-corrected chi connectivity index (χ3v) is 49.0. The summed E-state index contributed by atoms with van der Waals surface area (Å²) >= 11 is 0. The molecule has 0 bridgehead atoms. The van der Waals surface area contributed by atoms with E-state index in [1.54, 1.807) is 20.7 Å². The minimum atomic E-state index is -2.17. The SMILES string of the molecule is [Cl-].[Cl-].[Zr+4].c1ccc([Si]([N-][Si](c2ccccc2)(C2CCCCC2)C2CCCCC2)(C2CCCCC2)C2CCCCC2)cc1.c1ccc([Si]([N-][Si](c2ccccc2)(C2CCCCC2)C2CCCCC2)(C2CCCCC2)C2CCCCC2)cc1. The predicted molar refractivity (Wildman–Crippen MR) is 349 cm³/mol. The Morgan fingerprint density at radius 1 is 0.198 bits per heavy atom. The molecule has 0 N–H and O–H groups in total. The Morgan fingerprint density at radius 3 is 0.444 bits per heavy atom. The van der Waals surface area contributed by atoms with Gasteiger partial charge in [0.05, 0.1) is 0 Å². The fourth-order valence-corrected chi connectivity index (χ4v) is 52.4. The molecule has 0 atom stereocenters. The van der Waals surface area contributed by atoms with Crippen LogP contribution in [-0.4, -0.2) is 32.9 Å². The van der Waals surface area contributed by atoms with Crippen LogP contribution in [-0.2, 0) is 26.2 Å². The Hall–Kier alpha value is -0.869. The maximum Gasteiger partial charge on any atom is 4.00 e.